The molecule has 172 valence electrons. The van der Waals surface area contributed by atoms with E-state index in [1.807, 2.05) is 45.0 Å². The first-order valence-corrected chi connectivity index (χ1v) is 11.1. The monoisotopic (exact) mass is 441 g/mol. The molecule has 1 N–H and O–H groups in total. The van der Waals surface area contributed by atoms with Crippen molar-refractivity contribution >= 4 is 17.7 Å². The Morgan fingerprint density at radius 1 is 1.16 bits per heavy atom. The number of hydrogen-bond acceptors (Lipinski definition) is 7. The van der Waals surface area contributed by atoms with Gasteiger partial charge in [-0.05, 0) is 50.3 Å². The van der Waals surface area contributed by atoms with E-state index in [0.717, 1.165) is 17.7 Å². The molecule has 3 rings (SSSR count). The number of benzene rings is 1. The van der Waals surface area contributed by atoms with Crippen molar-refractivity contribution in [2.24, 2.45) is 11.8 Å². The van der Waals surface area contributed by atoms with Crippen LogP contribution in [-0.4, -0.2) is 38.0 Å². The van der Waals surface area contributed by atoms with Gasteiger partial charge < -0.3 is 19.5 Å². The van der Waals surface area contributed by atoms with E-state index in [1.54, 1.807) is 6.92 Å². The molecule has 0 saturated carbocycles. The van der Waals surface area contributed by atoms with E-state index in [2.05, 4.69) is 5.32 Å². The van der Waals surface area contributed by atoms with Crippen molar-refractivity contribution in [2.45, 2.75) is 46.5 Å². The van der Waals surface area contributed by atoms with Gasteiger partial charge in [0.15, 0.2) is 5.78 Å². The third kappa shape index (κ3) is 4.42. The highest BCUT2D eigenvalue weighted by molar-refractivity contribution is 6.12. The molecular weight excluding hydrogens is 410 g/mol. The minimum atomic E-state index is -0.905. The van der Waals surface area contributed by atoms with Crippen molar-refractivity contribution < 1.29 is 28.6 Å². The molecule has 3 atom stereocenters. The van der Waals surface area contributed by atoms with Crippen LogP contribution in [0.5, 0.6) is 5.75 Å². The summed E-state index contributed by atoms with van der Waals surface area (Å²) >= 11 is 0. The molecular formula is C25H31NO6. The van der Waals surface area contributed by atoms with Gasteiger partial charge in [0.25, 0.3) is 0 Å². The summed E-state index contributed by atoms with van der Waals surface area (Å²) in [7, 11) is 1.28. The second-order valence-electron chi connectivity index (χ2n) is 8.17. The molecule has 32 heavy (non-hydrogen) atoms. The molecule has 0 radical (unpaired) electrons. The summed E-state index contributed by atoms with van der Waals surface area (Å²) in [5.74, 6) is -2.41. The third-order valence-electron chi connectivity index (χ3n) is 5.92. The molecule has 0 bridgehead atoms. The van der Waals surface area contributed by atoms with Crippen LogP contribution in [0.3, 0.4) is 0 Å². The van der Waals surface area contributed by atoms with E-state index in [-0.39, 0.29) is 18.3 Å². The van der Waals surface area contributed by atoms with Gasteiger partial charge in [-0.1, -0.05) is 26.0 Å². The molecule has 1 aromatic rings. The standard InChI is InChI=1S/C25H31NO6/c1-6-12-32-17-10-8-16(9-11-17)21-20(25(29)31-7-2)15(4)26-18-13-14(3)19(24(28)30-5)23(27)22(18)21/h8-11,14,19,21,26H,6-7,12-13H2,1-5H3/t14-,19+,21+/m0/s1. The Morgan fingerprint density at radius 3 is 2.44 bits per heavy atom. The van der Waals surface area contributed by atoms with Crippen LogP contribution < -0.4 is 10.1 Å². The van der Waals surface area contributed by atoms with Crippen molar-refractivity contribution in [3.8, 4) is 5.75 Å². The summed E-state index contributed by atoms with van der Waals surface area (Å²) in [6, 6.07) is 7.38. The highest BCUT2D eigenvalue weighted by Gasteiger charge is 2.47. The molecule has 1 aromatic carbocycles. The zero-order valence-electron chi connectivity index (χ0n) is 19.3. The Labute approximate surface area is 188 Å². The zero-order valence-corrected chi connectivity index (χ0v) is 19.3. The molecule has 1 aliphatic heterocycles. The van der Waals surface area contributed by atoms with Gasteiger partial charge in [0.05, 0.1) is 25.9 Å². The van der Waals surface area contributed by atoms with Gasteiger partial charge in [0, 0.05) is 22.9 Å². The fourth-order valence-electron chi connectivity index (χ4n) is 4.47. The SMILES string of the molecule is CCCOc1ccc([C@@H]2C(C(=O)OCC)=C(C)NC3=C2C(=O)[C@H](C(=O)OC)[C@@H](C)C3)cc1. The van der Waals surface area contributed by atoms with Crippen LogP contribution in [-0.2, 0) is 23.9 Å². The summed E-state index contributed by atoms with van der Waals surface area (Å²) in [5, 5.41) is 3.25. The Balaban J connectivity index is 2.11. The number of nitrogens with one attached hydrogen (secondary N) is 1. The van der Waals surface area contributed by atoms with Crippen LogP contribution in [0.4, 0.5) is 0 Å². The lowest BCUT2D eigenvalue weighted by molar-refractivity contribution is -0.151. The fraction of sp³-hybridized carbons (Fsp3) is 0.480. The van der Waals surface area contributed by atoms with Crippen molar-refractivity contribution in [3.63, 3.8) is 0 Å². The van der Waals surface area contributed by atoms with E-state index in [9.17, 15) is 14.4 Å². The number of carbonyl (C=O) groups excluding carboxylic acids is 3. The molecule has 1 aliphatic carbocycles. The van der Waals surface area contributed by atoms with Gasteiger partial charge in [0.1, 0.15) is 11.7 Å². The smallest absolute Gasteiger partial charge is 0.336 e. The number of ketones is 1. The first kappa shape index (κ1) is 23.6. The predicted octanol–water partition coefficient (Wildman–Crippen LogP) is 3.65. The maximum atomic E-state index is 13.6. The van der Waals surface area contributed by atoms with Crippen LogP contribution in [0.2, 0.25) is 0 Å². The third-order valence-corrected chi connectivity index (χ3v) is 5.92. The van der Waals surface area contributed by atoms with E-state index in [0.29, 0.717) is 35.6 Å². The molecule has 0 amide bonds. The van der Waals surface area contributed by atoms with Gasteiger partial charge in [-0.3, -0.25) is 9.59 Å². The van der Waals surface area contributed by atoms with Gasteiger partial charge in [-0.15, -0.1) is 0 Å². The number of ether oxygens (including phenoxy) is 3. The normalized spacial score (nSPS) is 22.8. The van der Waals surface area contributed by atoms with Crippen LogP contribution in [0.15, 0.2) is 46.8 Å². The highest BCUT2D eigenvalue weighted by atomic mass is 16.5. The van der Waals surface area contributed by atoms with Crippen molar-refractivity contribution in [2.75, 3.05) is 20.3 Å². The minimum absolute atomic E-state index is 0.216. The minimum Gasteiger partial charge on any atom is -0.494 e. The molecule has 0 saturated heterocycles. The van der Waals surface area contributed by atoms with E-state index in [4.69, 9.17) is 14.2 Å². The van der Waals surface area contributed by atoms with E-state index < -0.39 is 23.8 Å². The highest BCUT2D eigenvalue weighted by Crippen LogP contribution is 2.45. The summed E-state index contributed by atoms with van der Waals surface area (Å²) < 4.78 is 15.9. The summed E-state index contributed by atoms with van der Waals surface area (Å²) in [4.78, 5) is 39.0. The van der Waals surface area contributed by atoms with E-state index in [1.165, 1.54) is 7.11 Å². The van der Waals surface area contributed by atoms with Crippen LogP contribution >= 0.6 is 0 Å². The molecule has 0 aromatic heterocycles. The van der Waals surface area contributed by atoms with Gasteiger partial charge in [-0.2, -0.15) is 0 Å². The number of dihydropyridines is 1. The van der Waals surface area contributed by atoms with Gasteiger partial charge >= 0.3 is 11.9 Å². The fourth-order valence-corrected chi connectivity index (χ4v) is 4.47. The molecule has 0 fully saturated rings. The second-order valence-corrected chi connectivity index (χ2v) is 8.17. The number of carbonyl (C=O) groups is 3. The van der Waals surface area contributed by atoms with Gasteiger partial charge in [0.2, 0.25) is 0 Å². The number of esters is 2. The lowest BCUT2D eigenvalue weighted by atomic mass is 9.69. The molecule has 7 nitrogen and oxygen atoms in total. The predicted molar refractivity (Wildman–Crippen MR) is 119 cm³/mol. The Bertz CT molecular complexity index is 959. The van der Waals surface area contributed by atoms with Crippen LogP contribution in [0.1, 0.15) is 52.0 Å². The maximum absolute atomic E-state index is 13.6. The number of allylic oxidation sites excluding steroid dienone is 3. The van der Waals surface area contributed by atoms with Gasteiger partial charge in [-0.25, -0.2) is 4.79 Å². The maximum Gasteiger partial charge on any atom is 0.336 e. The van der Waals surface area contributed by atoms with E-state index >= 15 is 0 Å². The van der Waals surface area contributed by atoms with Crippen molar-refractivity contribution in [3.05, 3.63) is 52.4 Å². The lowest BCUT2D eigenvalue weighted by Crippen LogP contribution is -2.43. The average molecular weight is 442 g/mol. The number of Topliss-reactive ketones (excluding diaryl/α,β-unsaturated/α-hetero) is 1. The summed E-state index contributed by atoms with van der Waals surface area (Å²) in [6.07, 6.45) is 1.39. The lowest BCUT2D eigenvalue weighted by Gasteiger charge is -2.38. The number of methoxy groups -OCH3 is 1. The summed E-state index contributed by atoms with van der Waals surface area (Å²) in [5.41, 5.74) is 2.95. The van der Waals surface area contributed by atoms with Crippen LogP contribution in [0, 0.1) is 11.8 Å². The largest absolute Gasteiger partial charge is 0.494 e. The Hall–Kier alpha value is -3.09. The molecule has 0 unspecified atom stereocenters. The number of rotatable bonds is 7. The molecule has 2 aliphatic rings. The Kier molecular flexibility index (Phi) is 7.38. The average Bonchev–Trinajstić information content (AvgIpc) is 2.77. The molecule has 7 heteroatoms. The quantitative estimate of drug-likeness (QED) is 0.510. The Morgan fingerprint density at radius 2 is 1.84 bits per heavy atom. The topological polar surface area (TPSA) is 90.9 Å². The first-order valence-electron chi connectivity index (χ1n) is 11.1. The summed E-state index contributed by atoms with van der Waals surface area (Å²) in [6.45, 7) is 8.26. The van der Waals surface area contributed by atoms with Crippen molar-refractivity contribution in [1.82, 2.24) is 5.32 Å². The van der Waals surface area contributed by atoms with Crippen molar-refractivity contribution in [1.29, 1.82) is 0 Å². The number of hydrogen-bond donors (Lipinski definition) is 1. The van der Waals surface area contributed by atoms with Crippen LogP contribution in [0.25, 0.3) is 0 Å². The molecule has 0 spiro atoms. The molecule has 1 heterocycles. The first-order chi connectivity index (χ1) is 15.3. The zero-order chi connectivity index (χ0) is 23.4. The second kappa shape index (κ2) is 10.0.